The molecule has 2 fully saturated rings. The average molecular weight is 383 g/mol. The lowest BCUT2D eigenvalue weighted by Gasteiger charge is -2.35. The van der Waals surface area contributed by atoms with Crippen molar-refractivity contribution in [2.75, 3.05) is 13.1 Å². The van der Waals surface area contributed by atoms with Crippen LogP contribution >= 0.6 is 0 Å². The first-order valence-corrected chi connectivity index (χ1v) is 10.2. The number of aliphatic hydroxyl groups excluding tert-OH is 1. The molecule has 0 unspecified atom stereocenters. The van der Waals surface area contributed by atoms with Crippen LogP contribution in [0.1, 0.15) is 36.5 Å². The molecule has 28 heavy (non-hydrogen) atoms. The van der Waals surface area contributed by atoms with Gasteiger partial charge in [0.05, 0.1) is 24.0 Å². The first-order chi connectivity index (χ1) is 13.4. The number of carbonyl (C=O) groups is 1. The van der Waals surface area contributed by atoms with Gasteiger partial charge in [0.2, 0.25) is 5.91 Å². The van der Waals surface area contributed by atoms with Crippen molar-refractivity contribution in [3.05, 3.63) is 41.1 Å². The zero-order valence-electron chi connectivity index (χ0n) is 16.9. The van der Waals surface area contributed by atoms with Crippen LogP contribution in [-0.2, 0) is 11.3 Å². The molecule has 1 aromatic heterocycles. The minimum absolute atomic E-state index is 0.0612. The van der Waals surface area contributed by atoms with Crippen molar-refractivity contribution in [1.82, 2.24) is 20.4 Å². The Morgan fingerprint density at radius 2 is 2.04 bits per heavy atom. The smallest absolute Gasteiger partial charge is 0.217 e. The maximum atomic E-state index is 11.4. The van der Waals surface area contributed by atoms with Crippen molar-refractivity contribution in [1.29, 1.82) is 0 Å². The molecule has 2 aromatic rings. The van der Waals surface area contributed by atoms with E-state index in [-0.39, 0.29) is 11.9 Å². The van der Waals surface area contributed by atoms with Gasteiger partial charge in [-0.1, -0.05) is 17.7 Å². The van der Waals surface area contributed by atoms with Gasteiger partial charge in [0, 0.05) is 37.7 Å². The fraction of sp³-hybridized carbons (Fsp3) is 0.545. The Kier molecular flexibility index (Phi) is 5.25. The number of benzene rings is 1. The van der Waals surface area contributed by atoms with Crippen LogP contribution in [0.15, 0.2) is 24.4 Å². The van der Waals surface area contributed by atoms with E-state index < -0.39 is 6.10 Å². The molecule has 6 heteroatoms. The van der Waals surface area contributed by atoms with E-state index in [1.807, 2.05) is 6.20 Å². The minimum atomic E-state index is -0.440. The number of aromatic amines is 1. The number of hydrogen-bond acceptors (Lipinski definition) is 4. The van der Waals surface area contributed by atoms with E-state index in [2.05, 4.69) is 52.5 Å². The summed E-state index contributed by atoms with van der Waals surface area (Å²) in [6, 6.07) is 6.39. The lowest BCUT2D eigenvalue weighted by atomic mass is 9.77. The highest BCUT2D eigenvalue weighted by Gasteiger charge is 2.42. The van der Waals surface area contributed by atoms with E-state index in [1.54, 1.807) is 0 Å². The Morgan fingerprint density at radius 3 is 2.79 bits per heavy atom. The van der Waals surface area contributed by atoms with Crippen molar-refractivity contribution < 1.29 is 9.90 Å². The lowest BCUT2D eigenvalue weighted by molar-refractivity contribution is -0.121. The topological polar surface area (TPSA) is 81.2 Å². The van der Waals surface area contributed by atoms with E-state index in [0.717, 1.165) is 38.2 Å². The Morgan fingerprint density at radius 1 is 1.29 bits per heavy atom. The van der Waals surface area contributed by atoms with Crippen molar-refractivity contribution in [2.24, 2.45) is 11.8 Å². The second-order valence-corrected chi connectivity index (χ2v) is 8.65. The number of hydrogen-bond donors (Lipinski definition) is 3. The van der Waals surface area contributed by atoms with Crippen molar-refractivity contribution in [3.8, 4) is 11.3 Å². The monoisotopic (exact) mass is 382 g/mol. The van der Waals surface area contributed by atoms with Crippen molar-refractivity contribution in [2.45, 2.75) is 52.3 Å². The van der Waals surface area contributed by atoms with Crippen LogP contribution in [0.2, 0.25) is 0 Å². The Balaban J connectivity index is 1.47. The minimum Gasteiger partial charge on any atom is -0.391 e. The first kappa shape index (κ1) is 19.2. The third kappa shape index (κ3) is 3.84. The zero-order valence-corrected chi connectivity index (χ0v) is 16.9. The van der Waals surface area contributed by atoms with Crippen LogP contribution in [0.5, 0.6) is 0 Å². The summed E-state index contributed by atoms with van der Waals surface area (Å²) in [6.07, 6.45) is 3.12. The molecule has 1 saturated heterocycles. The molecule has 0 bridgehead atoms. The summed E-state index contributed by atoms with van der Waals surface area (Å²) in [5.41, 5.74) is 6.02. The third-order valence-electron chi connectivity index (χ3n) is 6.38. The molecule has 0 spiro atoms. The molecule has 4 rings (SSSR count). The number of amides is 1. The molecule has 2 heterocycles. The molecule has 0 radical (unpaired) electrons. The highest BCUT2D eigenvalue weighted by molar-refractivity contribution is 5.73. The van der Waals surface area contributed by atoms with Crippen molar-refractivity contribution >= 4 is 5.91 Å². The Hall–Kier alpha value is -2.18. The fourth-order valence-electron chi connectivity index (χ4n) is 4.98. The van der Waals surface area contributed by atoms with E-state index >= 15 is 0 Å². The molecule has 1 amide bonds. The van der Waals surface area contributed by atoms with Gasteiger partial charge in [-0.2, -0.15) is 5.10 Å². The van der Waals surface area contributed by atoms with Gasteiger partial charge in [0.15, 0.2) is 0 Å². The maximum Gasteiger partial charge on any atom is 0.217 e. The molecule has 1 aromatic carbocycles. The lowest BCUT2D eigenvalue weighted by Crippen LogP contribution is -2.48. The summed E-state index contributed by atoms with van der Waals surface area (Å²) in [7, 11) is 0. The molecule has 1 saturated carbocycles. The number of carbonyl (C=O) groups excluding carboxylic acids is 1. The predicted molar refractivity (Wildman–Crippen MR) is 109 cm³/mol. The van der Waals surface area contributed by atoms with Gasteiger partial charge >= 0.3 is 0 Å². The van der Waals surface area contributed by atoms with Crippen LogP contribution in [0, 0.1) is 25.7 Å². The normalized spacial score (nSPS) is 27.6. The van der Waals surface area contributed by atoms with Gasteiger partial charge in [0.1, 0.15) is 0 Å². The summed E-state index contributed by atoms with van der Waals surface area (Å²) in [5, 5.41) is 20.9. The van der Waals surface area contributed by atoms with Crippen molar-refractivity contribution in [3.63, 3.8) is 0 Å². The Labute approximate surface area is 166 Å². The second kappa shape index (κ2) is 7.68. The Bertz CT molecular complexity index is 862. The number of aryl methyl sites for hydroxylation is 2. The highest BCUT2D eigenvalue weighted by Crippen LogP contribution is 2.38. The summed E-state index contributed by atoms with van der Waals surface area (Å²) in [5.74, 6) is 0.960. The fourth-order valence-corrected chi connectivity index (χ4v) is 4.98. The molecular formula is C22H30N4O2. The van der Waals surface area contributed by atoms with E-state index in [9.17, 15) is 9.90 Å². The number of nitrogens with zero attached hydrogens (tertiary/aromatic N) is 2. The van der Waals surface area contributed by atoms with E-state index in [0.29, 0.717) is 11.8 Å². The second-order valence-electron chi connectivity index (χ2n) is 8.65. The number of nitrogens with one attached hydrogen (secondary N) is 2. The highest BCUT2D eigenvalue weighted by atomic mass is 16.3. The van der Waals surface area contributed by atoms with Crippen LogP contribution in [0.25, 0.3) is 11.3 Å². The molecule has 4 atom stereocenters. The maximum absolute atomic E-state index is 11.4. The van der Waals surface area contributed by atoms with Crippen LogP contribution < -0.4 is 5.32 Å². The third-order valence-corrected chi connectivity index (χ3v) is 6.38. The number of aromatic nitrogens is 2. The average Bonchev–Trinajstić information content (AvgIpc) is 3.23. The van der Waals surface area contributed by atoms with Gasteiger partial charge in [-0.15, -0.1) is 0 Å². The molecule has 150 valence electrons. The largest absolute Gasteiger partial charge is 0.391 e. The molecule has 1 aliphatic heterocycles. The van der Waals surface area contributed by atoms with Gasteiger partial charge in [-0.25, -0.2) is 0 Å². The summed E-state index contributed by atoms with van der Waals surface area (Å²) >= 11 is 0. The first-order valence-electron chi connectivity index (χ1n) is 10.2. The molecule has 1 aliphatic carbocycles. The van der Waals surface area contributed by atoms with Gasteiger partial charge in [-0.05, 0) is 50.2 Å². The number of likely N-dealkylation sites (tertiary alicyclic amines) is 1. The molecule has 2 aliphatic rings. The summed E-state index contributed by atoms with van der Waals surface area (Å²) in [4.78, 5) is 13.9. The SMILES string of the molecule is CC(=O)N[C@@H]1C[C@@H]2CN(Cc3cn[nH]c3-c3cc(C)ccc3C)C[C@@H]2C[C@H]1O. The molecule has 6 nitrogen and oxygen atoms in total. The zero-order chi connectivity index (χ0) is 19.8. The van der Waals surface area contributed by atoms with Crippen LogP contribution in [0.4, 0.5) is 0 Å². The molecular weight excluding hydrogens is 352 g/mol. The standard InChI is InChI=1S/C22H30N4O2/c1-13-4-5-14(2)19(6-13)22-18(9-23-25-22)12-26-10-16-7-20(24-15(3)27)21(28)8-17(16)11-26/h4-6,9,16-17,20-21,28H,7-8,10-12H2,1-3H3,(H,23,25)(H,24,27)/t16-,17+,20-,21-/m1/s1. The number of fused-ring (bicyclic) bond motifs is 1. The number of H-pyrrole nitrogens is 1. The number of aliphatic hydroxyl groups is 1. The van der Waals surface area contributed by atoms with Gasteiger partial charge in [-0.3, -0.25) is 14.8 Å². The summed E-state index contributed by atoms with van der Waals surface area (Å²) in [6.45, 7) is 8.62. The van der Waals surface area contributed by atoms with Crippen LogP contribution in [-0.4, -0.2) is 51.3 Å². The quantitative estimate of drug-likeness (QED) is 0.758. The van der Waals surface area contributed by atoms with Gasteiger partial charge in [0.25, 0.3) is 0 Å². The predicted octanol–water partition coefficient (Wildman–Crippen LogP) is 2.40. The summed E-state index contributed by atoms with van der Waals surface area (Å²) < 4.78 is 0. The molecule has 3 N–H and O–H groups in total. The van der Waals surface area contributed by atoms with E-state index in [4.69, 9.17) is 0 Å². The van der Waals surface area contributed by atoms with E-state index in [1.165, 1.54) is 29.2 Å². The van der Waals surface area contributed by atoms with Crippen LogP contribution in [0.3, 0.4) is 0 Å². The van der Waals surface area contributed by atoms with Gasteiger partial charge < -0.3 is 10.4 Å². The number of rotatable bonds is 4.